The number of nitrogens with one attached hydrogen (secondary N) is 1. The molecular weight excluding hydrogens is 362 g/mol. The van der Waals surface area contributed by atoms with Crippen molar-refractivity contribution in [3.05, 3.63) is 53.1 Å². The van der Waals surface area contributed by atoms with Crippen molar-refractivity contribution in [2.24, 2.45) is 0 Å². The largest absolute Gasteiger partial charge is 0.457 e. The van der Waals surface area contributed by atoms with Gasteiger partial charge < -0.3 is 4.74 Å². The van der Waals surface area contributed by atoms with E-state index in [4.69, 9.17) is 9.52 Å². The van der Waals surface area contributed by atoms with Gasteiger partial charge in [0.05, 0.1) is 14.6 Å². The standard InChI is InChI=1S/C16H11F4NO3S/c1-25(21,23)13-3-2-12(11-7-16(19,20)15(22)14(11)13)24-10-5-8(17)4-9(18)6-10/h2-6,21H,7H2,1H3. The van der Waals surface area contributed by atoms with Crippen LogP contribution in [0.2, 0.25) is 0 Å². The molecule has 0 fully saturated rings. The van der Waals surface area contributed by atoms with Crippen LogP contribution in [0.4, 0.5) is 17.6 Å². The van der Waals surface area contributed by atoms with Crippen molar-refractivity contribution in [3.63, 3.8) is 0 Å². The van der Waals surface area contributed by atoms with Crippen LogP contribution in [-0.2, 0) is 16.1 Å². The van der Waals surface area contributed by atoms with Crippen LogP contribution >= 0.6 is 0 Å². The lowest BCUT2D eigenvalue weighted by atomic mass is 10.1. The number of halogens is 4. The molecule has 2 aromatic rings. The Morgan fingerprint density at radius 2 is 1.76 bits per heavy atom. The van der Waals surface area contributed by atoms with Crippen LogP contribution in [0.5, 0.6) is 11.5 Å². The van der Waals surface area contributed by atoms with E-state index in [0.29, 0.717) is 6.07 Å². The third kappa shape index (κ3) is 3.11. The molecule has 1 unspecified atom stereocenters. The van der Waals surface area contributed by atoms with Crippen LogP contribution in [0.25, 0.3) is 0 Å². The summed E-state index contributed by atoms with van der Waals surface area (Å²) in [4.78, 5) is 11.6. The average Bonchev–Trinajstić information content (AvgIpc) is 2.68. The van der Waals surface area contributed by atoms with Gasteiger partial charge in [-0.05, 0) is 12.1 Å². The summed E-state index contributed by atoms with van der Waals surface area (Å²) in [5.41, 5.74) is -0.763. The van der Waals surface area contributed by atoms with Crippen molar-refractivity contribution < 1.29 is 31.3 Å². The molecule has 4 nitrogen and oxygen atoms in total. The molecule has 1 aliphatic carbocycles. The second-order valence-corrected chi connectivity index (χ2v) is 7.80. The van der Waals surface area contributed by atoms with Gasteiger partial charge in [-0.25, -0.2) is 17.8 Å². The third-order valence-corrected chi connectivity index (χ3v) is 4.85. The lowest BCUT2D eigenvalue weighted by molar-refractivity contribution is 0.0165. The van der Waals surface area contributed by atoms with Gasteiger partial charge in [-0.2, -0.15) is 8.78 Å². The fourth-order valence-electron chi connectivity index (χ4n) is 2.65. The number of ether oxygens (including phenoxy) is 1. The molecular formula is C16H11F4NO3S. The zero-order chi connectivity index (χ0) is 18.6. The number of hydrogen-bond acceptors (Lipinski definition) is 4. The molecule has 0 aromatic heterocycles. The van der Waals surface area contributed by atoms with Gasteiger partial charge in [0.15, 0.2) is 0 Å². The van der Waals surface area contributed by atoms with E-state index < -0.39 is 45.1 Å². The Morgan fingerprint density at radius 1 is 1.16 bits per heavy atom. The quantitative estimate of drug-likeness (QED) is 0.822. The van der Waals surface area contributed by atoms with Crippen LogP contribution in [0.1, 0.15) is 15.9 Å². The van der Waals surface area contributed by atoms with E-state index in [9.17, 15) is 26.6 Å². The Bertz CT molecular complexity index is 982. The Morgan fingerprint density at radius 3 is 2.32 bits per heavy atom. The van der Waals surface area contributed by atoms with Crippen molar-refractivity contribution >= 4 is 15.5 Å². The molecule has 25 heavy (non-hydrogen) atoms. The van der Waals surface area contributed by atoms with Crippen molar-refractivity contribution in [1.82, 2.24) is 0 Å². The molecule has 1 aliphatic rings. The molecule has 0 bridgehead atoms. The van der Waals surface area contributed by atoms with E-state index in [-0.39, 0.29) is 22.0 Å². The highest BCUT2D eigenvalue weighted by molar-refractivity contribution is 7.91. The molecule has 2 aromatic carbocycles. The monoisotopic (exact) mass is 373 g/mol. The van der Waals surface area contributed by atoms with Gasteiger partial charge in [-0.1, -0.05) is 0 Å². The SMILES string of the molecule is CS(=N)(=O)c1ccc(Oc2cc(F)cc(F)c2)c2c1C(=O)C(F)(F)C2. The number of Topliss-reactive ketones (excluding diaryl/α,β-unsaturated/α-hetero) is 1. The lowest BCUT2D eigenvalue weighted by Gasteiger charge is -2.13. The summed E-state index contributed by atoms with van der Waals surface area (Å²) >= 11 is 0. The molecule has 0 amide bonds. The second kappa shape index (κ2) is 5.55. The molecule has 132 valence electrons. The molecule has 9 heteroatoms. The number of alkyl halides is 2. The number of carbonyl (C=O) groups is 1. The summed E-state index contributed by atoms with van der Waals surface area (Å²) in [7, 11) is -3.44. The van der Waals surface area contributed by atoms with Crippen LogP contribution in [0, 0.1) is 16.4 Å². The smallest absolute Gasteiger partial charge is 0.313 e. The van der Waals surface area contributed by atoms with Gasteiger partial charge in [0.1, 0.15) is 23.1 Å². The summed E-state index contributed by atoms with van der Waals surface area (Å²) in [5, 5.41) is 0. The molecule has 0 spiro atoms. The molecule has 0 heterocycles. The Balaban J connectivity index is 2.17. The molecule has 0 aliphatic heterocycles. The zero-order valence-electron chi connectivity index (χ0n) is 12.7. The van der Waals surface area contributed by atoms with Crippen LogP contribution in [0.3, 0.4) is 0 Å². The summed E-state index contributed by atoms with van der Waals surface area (Å²) < 4.78 is 79.1. The van der Waals surface area contributed by atoms with Gasteiger partial charge in [0.2, 0.25) is 5.78 Å². The molecule has 3 rings (SSSR count). The van der Waals surface area contributed by atoms with E-state index in [2.05, 4.69) is 0 Å². The van der Waals surface area contributed by atoms with Crippen LogP contribution in [-0.4, -0.2) is 22.2 Å². The summed E-state index contributed by atoms with van der Waals surface area (Å²) in [5.74, 6) is -7.61. The number of hydrogen-bond donors (Lipinski definition) is 1. The van der Waals surface area contributed by atoms with Crippen LogP contribution in [0.15, 0.2) is 35.2 Å². The normalized spacial score (nSPS) is 17.9. The van der Waals surface area contributed by atoms with Gasteiger partial charge >= 0.3 is 5.92 Å². The van der Waals surface area contributed by atoms with Crippen molar-refractivity contribution in [2.75, 3.05) is 6.26 Å². The summed E-state index contributed by atoms with van der Waals surface area (Å²) in [6.07, 6.45) is 0.00644. The first-order valence-corrected chi connectivity index (χ1v) is 8.92. The van der Waals surface area contributed by atoms with Crippen LogP contribution < -0.4 is 4.74 Å². The Labute approximate surface area is 140 Å². The molecule has 0 saturated carbocycles. The lowest BCUT2D eigenvalue weighted by Crippen LogP contribution is -2.24. The number of carbonyl (C=O) groups excluding carboxylic acids is 1. The molecule has 0 saturated heterocycles. The molecule has 1 atom stereocenters. The highest BCUT2D eigenvalue weighted by Gasteiger charge is 2.50. The minimum absolute atomic E-state index is 0.210. The van der Waals surface area contributed by atoms with E-state index in [1.165, 1.54) is 0 Å². The second-order valence-electron chi connectivity index (χ2n) is 5.68. The predicted molar refractivity (Wildman–Crippen MR) is 80.9 cm³/mol. The average molecular weight is 373 g/mol. The number of fused-ring (bicyclic) bond motifs is 1. The van der Waals surface area contributed by atoms with Gasteiger partial charge in [-0.3, -0.25) is 4.79 Å². The third-order valence-electron chi connectivity index (χ3n) is 3.67. The molecule has 0 radical (unpaired) electrons. The van der Waals surface area contributed by atoms with Crippen molar-refractivity contribution in [1.29, 1.82) is 4.78 Å². The maximum Gasteiger partial charge on any atom is 0.313 e. The highest BCUT2D eigenvalue weighted by atomic mass is 32.2. The van der Waals surface area contributed by atoms with E-state index in [0.717, 1.165) is 30.5 Å². The Kier molecular flexibility index (Phi) is 3.86. The fourth-order valence-corrected chi connectivity index (χ4v) is 3.58. The van der Waals surface area contributed by atoms with E-state index >= 15 is 0 Å². The van der Waals surface area contributed by atoms with Crippen molar-refractivity contribution in [2.45, 2.75) is 17.2 Å². The minimum atomic E-state index is -3.73. The number of rotatable bonds is 3. The topological polar surface area (TPSA) is 67.2 Å². The highest BCUT2D eigenvalue weighted by Crippen LogP contribution is 2.43. The zero-order valence-corrected chi connectivity index (χ0v) is 13.6. The number of ketones is 1. The van der Waals surface area contributed by atoms with E-state index in [1.54, 1.807) is 0 Å². The molecule has 1 N–H and O–H groups in total. The first-order valence-electron chi connectivity index (χ1n) is 6.95. The Hall–Kier alpha value is -2.42. The van der Waals surface area contributed by atoms with E-state index in [1.807, 2.05) is 0 Å². The summed E-state index contributed by atoms with van der Waals surface area (Å²) in [6, 6.07) is 4.56. The fraction of sp³-hybridized carbons (Fsp3) is 0.188. The minimum Gasteiger partial charge on any atom is -0.457 e. The maximum absolute atomic E-state index is 13.9. The first kappa shape index (κ1) is 17.4. The van der Waals surface area contributed by atoms with Gasteiger partial charge in [0, 0.05) is 42.0 Å². The first-order chi connectivity index (χ1) is 11.5. The maximum atomic E-state index is 13.9. The number of benzene rings is 2. The summed E-state index contributed by atoms with van der Waals surface area (Å²) in [6.45, 7) is 0. The van der Waals surface area contributed by atoms with Gasteiger partial charge in [0.25, 0.3) is 0 Å². The van der Waals surface area contributed by atoms with Crippen molar-refractivity contribution in [3.8, 4) is 11.5 Å². The predicted octanol–water partition coefficient (Wildman–Crippen LogP) is 4.17. The van der Waals surface area contributed by atoms with Gasteiger partial charge in [-0.15, -0.1) is 0 Å².